The molecule has 1 atom stereocenters. The Kier molecular flexibility index (Phi) is 4.08. The summed E-state index contributed by atoms with van der Waals surface area (Å²) < 4.78 is 0.863. The van der Waals surface area contributed by atoms with Crippen LogP contribution in [0.1, 0.15) is 24.8 Å². The molecule has 0 aliphatic rings. The van der Waals surface area contributed by atoms with Crippen LogP contribution < -0.4 is 0 Å². The Morgan fingerprint density at radius 2 is 2.00 bits per heavy atom. The molecule has 14 heavy (non-hydrogen) atoms. The minimum atomic E-state index is -0.0666. The van der Waals surface area contributed by atoms with E-state index in [9.17, 15) is 4.79 Å². The minimum Gasteiger partial charge on any atom is -0.299 e. The molecule has 1 aromatic rings. The van der Waals surface area contributed by atoms with E-state index in [2.05, 4.69) is 22.5 Å². The number of hydrogen-bond donors (Lipinski definition) is 0. The van der Waals surface area contributed by atoms with Crippen molar-refractivity contribution in [3.05, 3.63) is 47.0 Å². The molecule has 0 saturated carbocycles. The minimum absolute atomic E-state index is 0.0666. The summed E-state index contributed by atoms with van der Waals surface area (Å²) in [6.07, 6.45) is 0.666. The van der Waals surface area contributed by atoms with Gasteiger partial charge < -0.3 is 0 Å². The molecule has 0 radical (unpaired) electrons. The summed E-state index contributed by atoms with van der Waals surface area (Å²) in [4.78, 5) is 11.4. The average molecular weight is 253 g/mol. The number of halogens is 1. The highest BCUT2D eigenvalue weighted by molar-refractivity contribution is 9.11. The van der Waals surface area contributed by atoms with Gasteiger partial charge in [-0.2, -0.15) is 0 Å². The first kappa shape index (κ1) is 11.2. The average Bonchev–Trinajstić information content (AvgIpc) is 2.15. The highest BCUT2D eigenvalue weighted by atomic mass is 79.9. The summed E-state index contributed by atoms with van der Waals surface area (Å²) in [5, 5.41) is 0. The van der Waals surface area contributed by atoms with Crippen molar-refractivity contribution in [1.29, 1.82) is 0 Å². The highest BCUT2D eigenvalue weighted by Gasteiger charge is 2.16. The number of rotatable bonds is 4. The second kappa shape index (κ2) is 5.11. The Hall–Kier alpha value is -0.890. The maximum Gasteiger partial charge on any atom is 0.137 e. The van der Waals surface area contributed by atoms with E-state index in [1.165, 1.54) is 0 Å². The van der Waals surface area contributed by atoms with Gasteiger partial charge in [0.05, 0.1) is 0 Å². The van der Waals surface area contributed by atoms with E-state index in [4.69, 9.17) is 0 Å². The van der Waals surface area contributed by atoms with Gasteiger partial charge in [-0.25, -0.2) is 0 Å². The normalized spacial score (nSPS) is 12.1. The molecule has 1 rings (SSSR count). The third kappa shape index (κ3) is 3.11. The van der Waals surface area contributed by atoms with Crippen molar-refractivity contribution in [2.75, 3.05) is 0 Å². The van der Waals surface area contributed by atoms with E-state index < -0.39 is 0 Å². The second-order valence-corrected chi connectivity index (χ2v) is 4.42. The molecule has 0 heterocycles. The molecule has 0 N–H and O–H groups in total. The molecule has 1 aromatic carbocycles. The van der Waals surface area contributed by atoms with Crippen LogP contribution in [0.4, 0.5) is 0 Å². The van der Waals surface area contributed by atoms with Gasteiger partial charge in [0.1, 0.15) is 5.78 Å². The van der Waals surface area contributed by atoms with Crippen LogP contribution in [-0.2, 0) is 4.79 Å². The Morgan fingerprint density at radius 1 is 1.43 bits per heavy atom. The van der Waals surface area contributed by atoms with Crippen molar-refractivity contribution in [1.82, 2.24) is 0 Å². The number of carbonyl (C=O) groups is 1. The van der Waals surface area contributed by atoms with Crippen molar-refractivity contribution in [2.24, 2.45) is 0 Å². The summed E-state index contributed by atoms with van der Waals surface area (Å²) in [6, 6.07) is 9.79. The summed E-state index contributed by atoms with van der Waals surface area (Å²) in [5.74, 6) is 0.111. The molecular weight excluding hydrogens is 240 g/mol. The molecule has 0 saturated heterocycles. The van der Waals surface area contributed by atoms with Gasteiger partial charge in [0.2, 0.25) is 0 Å². The Balaban J connectivity index is 2.89. The zero-order valence-corrected chi connectivity index (χ0v) is 9.75. The molecule has 0 spiro atoms. The smallest absolute Gasteiger partial charge is 0.137 e. The van der Waals surface area contributed by atoms with Crippen molar-refractivity contribution in [2.45, 2.75) is 19.3 Å². The van der Waals surface area contributed by atoms with Gasteiger partial charge >= 0.3 is 0 Å². The second-order valence-electron chi connectivity index (χ2n) is 3.30. The number of benzene rings is 1. The van der Waals surface area contributed by atoms with Crippen molar-refractivity contribution < 1.29 is 4.79 Å². The summed E-state index contributed by atoms with van der Waals surface area (Å²) in [5.41, 5.74) is 1.06. The van der Waals surface area contributed by atoms with E-state index in [0.29, 0.717) is 6.42 Å². The Bertz CT molecular complexity index is 329. The Labute approximate surface area is 93.0 Å². The predicted molar refractivity (Wildman–Crippen MR) is 62.5 cm³/mol. The van der Waals surface area contributed by atoms with E-state index in [1.54, 1.807) is 6.92 Å². The van der Waals surface area contributed by atoms with Crippen LogP contribution in [0.3, 0.4) is 0 Å². The van der Waals surface area contributed by atoms with Gasteiger partial charge in [-0.15, -0.1) is 0 Å². The van der Waals surface area contributed by atoms with E-state index >= 15 is 0 Å². The maximum absolute atomic E-state index is 11.4. The lowest BCUT2D eigenvalue weighted by Crippen LogP contribution is -2.08. The summed E-state index contributed by atoms with van der Waals surface area (Å²) >= 11 is 3.29. The largest absolute Gasteiger partial charge is 0.299 e. The quantitative estimate of drug-likeness (QED) is 0.800. The number of carbonyl (C=O) groups excluding carboxylic acids is 1. The highest BCUT2D eigenvalue weighted by Crippen LogP contribution is 2.26. The van der Waals surface area contributed by atoms with Crippen molar-refractivity contribution >= 4 is 21.7 Å². The van der Waals surface area contributed by atoms with Crippen LogP contribution in [0.25, 0.3) is 0 Å². The lowest BCUT2D eigenvalue weighted by molar-refractivity contribution is -0.118. The SMILES string of the molecule is C=C(Br)CC(C(C)=O)c1ccccc1. The molecule has 0 aromatic heterocycles. The van der Waals surface area contributed by atoms with Crippen LogP contribution in [0.2, 0.25) is 0 Å². The van der Waals surface area contributed by atoms with Crippen LogP contribution in [0, 0.1) is 0 Å². The molecule has 2 heteroatoms. The van der Waals surface area contributed by atoms with Gasteiger partial charge in [-0.05, 0) is 23.4 Å². The first-order valence-corrected chi connectivity index (χ1v) is 5.29. The lowest BCUT2D eigenvalue weighted by Gasteiger charge is -2.12. The van der Waals surface area contributed by atoms with E-state index in [1.807, 2.05) is 30.3 Å². The molecule has 0 bridgehead atoms. The summed E-state index contributed by atoms with van der Waals surface area (Å²) in [6.45, 7) is 5.39. The maximum atomic E-state index is 11.4. The number of allylic oxidation sites excluding steroid dienone is 1. The topological polar surface area (TPSA) is 17.1 Å². The van der Waals surface area contributed by atoms with Crippen LogP contribution in [-0.4, -0.2) is 5.78 Å². The first-order valence-electron chi connectivity index (χ1n) is 4.50. The fraction of sp³-hybridized carbons (Fsp3) is 0.250. The molecule has 0 amide bonds. The standard InChI is InChI=1S/C12H13BrO/c1-9(13)8-12(10(2)14)11-6-4-3-5-7-11/h3-7,12H,1,8H2,2H3. The van der Waals surface area contributed by atoms with Crippen LogP contribution >= 0.6 is 15.9 Å². The van der Waals surface area contributed by atoms with Gasteiger partial charge in [0, 0.05) is 5.92 Å². The number of ketones is 1. The molecule has 74 valence electrons. The zero-order chi connectivity index (χ0) is 10.6. The molecule has 0 aliphatic carbocycles. The fourth-order valence-corrected chi connectivity index (χ4v) is 1.73. The van der Waals surface area contributed by atoms with E-state index in [-0.39, 0.29) is 11.7 Å². The molecule has 0 fully saturated rings. The first-order chi connectivity index (χ1) is 6.61. The fourth-order valence-electron chi connectivity index (χ4n) is 1.40. The third-order valence-electron chi connectivity index (χ3n) is 2.12. The number of Topliss-reactive ketones (excluding diaryl/α,β-unsaturated/α-hetero) is 1. The van der Waals surface area contributed by atoms with Gasteiger partial charge in [-0.1, -0.05) is 52.8 Å². The lowest BCUT2D eigenvalue weighted by atomic mass is 9.92. The molecule has 1 nitrogen and oxygen atoms in total. The monoisotopic (exact) mass is 252 g/mol. The third-order valence-corrected chi connectivity index (χ3v) is 2.44. The molecular formula is C12H13BrO. The van der Waals surface area contributed by atoms with Crippen molar-refractivity contribution in [3.63, 3.8) is 0 Å². The van der Waals surface area contributed by atoms with Crippen LogP contribution in [0.15, 0.2) is 41.4 Å². The van der Waals surface area contributed by atoms with Gasteiger partial charge in [-0.3, -0.25) is 4.79 Å². The van der Waals surface area contributed by atoms with Gasteiger partial charge in [0.15, 0.2) is 0 Å². The number of hydrogen-bond acceptors (Lipinski definition) is 1. The summed E-state index contributed by atoms with van der Waals surface area (Å²) in [7, 11) is 0. The predicted octanol–water partition coefficient (Wildman–Crippen LogP) is 3.66. The Morgan fingerprint density at radius 3 is 2.43 bits per heavy atom. The molecule has 0 aliphatic heterocycles. The van der Waals surface area contributed by atoms with Gasteiger partial charge in [0.25, 0.3) is 0 Å². The van der Waals surface area contributed by atoms with Crippen LogP contribution in [0.5, 0.6) is 0 Å². The van der Waals surface area contributed by atoms with E-state index in [0.717, 1.165) is 10.0 Å². The van der Waals surface area contributed by atoms with Crippen molar-refractivity contribution in [3.8, 4) is 0 Å². The molecule has 1 unspecified atom stereocenters. The zero-order valence-electron chi connectivity index (χ0n) is 8.16.